The number of nitrogens with zero attached hydrogens (tertiary/aromatic N) is 6. The number of nitrogens with one attached hydrogen (secondary N) is 1. The van der Waals surface area contributed by atoms with Crippen molar-refractivity contribution in [3.63, 3.8) is 0 Å². The molecular formula is C11H17N7. The van der Waals surface area contributed by atoms with Crippen molar-refractivity contribution in [1.82, 2.24) is 24.7 Å². The molecule has 0 unspecified atom stereocenters. The van der Waals surface area contributed by atoms with Gasteiger partial charge >= 0.3 is 0 Å². The molecule has 7 heteroatoms. The van der Waals surface area contributed by atoms with Crippen molar-refractivity contribution in [3.05, 3.63) is 24.5 Å². The lowest BCUT2D eigenvalue weighted by Crippen LogP contribution is -2.16. The average Bonchev–Trinajstić information content (AvgIpc) is 2.76. The van der Waals surface area contributed by atoms with Crippen LogP contribution >= 0.6 is 0 Å². The Balaban J connectivity index is 1.96. The highest BCUT2D eigenvalue weighted by Crippen LogP contribution is 2.16. The Kier molecular flexibility index (Phi) is 3.71. The zero-order chi connectivity index (χ0) is 13.0. The van der Waals surface area contributed by atoms with Gasteiger partial charge in [-0.2, -0.15) is 5.10 Å². The maximum atomic E-state index is 4.28. The van der Waals surface area contributed by atoms with E-state index in [4.69, 9.17) is 0 Å². The summed E-state index contributed by atoms with van der Waals surface area (Å²) in [5, 5.41) is 7.29. The fourth-order valence-electron chi connectivity index (χ4n) is 1.62. The van der Waals surface area contributed by atoms with Crippen molar-refractivity contribution in [1.29, 1.82) is 0 Å². The second-order valence-electron chi connectivity index (χ2n) is 4.10. The average molecular weight is 247 g/mol. The molecule has 18 heavy (non-hydrogen) atoms. The van der Waals surface area contributed by atoms with Crippen molar-refractivity contribution in [2.45, 2.75) is 6.42 Å². The van der Waals surface area contributed by atoms with Gasteiger partial charge in [-0.3, -0.25) is 4.68 Å². The molecule has 0 saturated heterocycles. The Morgan fingerprint density at radius 3 is 2.67 bits per heavy atom. The van der Waals surface area contributed by atoms with Gasteiger partial charge in [0.25, 0.3) is 0 Å². The van der Waals surface area contributed by atoms with E-state index in [-0.39, 0.29) is 0 Å². The third-order valence-electron chi connectivity index (χ3n) is 2.55. The molecule has 2 aromatic rings. The standard InChI is InChI=1S/C11H17N7/c1-17(2)11-10(13-6-7-14-11)12-5-4-9-15-8-16-18(9)3/h6-8H,4-5H2,1-3H3,(H,12,13). The molecule has 0 atom stereocenters. The van der Waals surface area contributed by atoms with E-state index in [0.717, 1.165) is 30.4 Å². The number of hydrogen-bond acceptors (Lipinski definition) is 6. The fourth-order valence-corrected chi connectivity index (χ4v) is 1.62. The topological polar surface area (TPSA) is 71.8 Å². The van der Waals surface area contributed by atoms with Gasteiger partial charge in [-0.25, -0.2) is 15.0 Å². The van der Waals surface area contributed by atoms with Crippen LogP contribution in [0, 0.1) is 0 Å². The van der Waals surface area contributed by atoms with E-state index in [0.29, 0.717) is 0 Å². The number of anilines is 2. The van der Waals surface area contributed by atoms with Gasteiger partial charge in [-0.15, -0.1) is 0 Å². The summed E-state index contributed by atoms with van der Waals surface area (Å²) in [5.74, 6) is 2.55. The van der Waals surface area contributed by atoms with Gasteiger partial charge in [0.15, 0.2) is 11.6 Å². The van der Waals surface area contributed by atoms with Crippen LogP contribution in [-0.4, -0.2) is 45.4 Å². The Labute approximate surface area is 106 Å². The van der Waals surface area contributed by atoms with E-state index in [2.05, 4.69) is 25.4 Å². The summed E-state index contributed by atoms with van der Waals surface area (Å²) in [5.41, 5.74) is 0. The maximum Gasteiger partial charge on any atom is 0.171 e. The van der Waals surface area contributed by atoms with E-state index >= 15 is 0 Å². The molecule has 0 bridgehead atoms. The number of aromatic nitrogens is 5. The van der Waals surface area contributed by atoms with E-state index in [1.165, 1.54) is 0 Å². The van der Waals surface area contributed by atoms with Crippen LogP contribution in [0.2, 0.25) is 0 Å². The molecule has 2 rings (SSSR count). The van der Waals surface area contributed by atoms with E-state index in [9.17, 15) is 0 Å². The Bertz CT molecular complexity index is 506. The largest absolute Gasteiger partial charge is 0.367 e. The molecule has 7 nitrogen and oxygen atoms in total. The molecule has 96 valence electrons. The molecule has 0 aromatic carbocycles. The van der Waals surface area contributed by atoms with E-state index in [1.54, 1.807) is 23.4 Å². The lowest BCUT2D eigenvalue weighted by atomic mass is 10.4. The minimum absolute atomic E-state index is 0.742. The molecule has 0 aliphatic carbocycles. The first-order chi connectivity index (χ1) is 8.68. The van der Waals surface area contributed by atoms with Gasteiger partial charge in [0, 0.05) is 46.5 Å². The summed E-state index contributed by atoms with van der Waals surface area (Å²) in [6.07, 6.45) is 5.71. The van der Waals surface area contributed by atoms with Crippen LogP contribution in [0.1, 0.15) is 5.82 Å². The smallest absolute Gasteiger partial charge is 0.171 e. The van der Waals surface area contributed by atoms with E-state index in [1.807, 2.05) is 26.0 Å². The monoisotopic (exact) mass is 247 g/mol. The van der Waals surface area contributed by atoms with Crippen molar-refractivity contribution >= 4 is 11.6 Å². The van der Waals surface area contributed by atoms with Gasteiger partial charge in [-0.1, -0.05) is 0 Å². The molecule has 2 aromatic heterocycles. The second-order valence-corrected chi connectivity index (χ2v) is 4.10. The number of aryl methyl sites for hydroxylation is 1. The molecule has 0 aliphatic heterocycles. The molecule has 0 spiro atoms. The second kappa shape index (κ2) is 5.44. The van der Waals surface area contributed by atoms with Crippen molar-refractivity contribution in [2.75, 3.05) is 30.9 Å². The zero-order valence-electron chi connectivity index (χ0n) is 10.8. The van der Waals surface area contributed by atoms with Crippen LogP contribution in [0.4, 0.5) is 11.6 Å². The van der Waals surface area contributed by atoms with E-state index < -0.39 is 0 Å². The summed E-state index contributed by atoms with van der Waals surface area (Å²) in [6.45, 7) is 0.742. The highest BCUT2D eigenvalue weighted by molar-refractivity contribution is 5.59. The Hall–Kier alpha value is -2.18. The molecular weight excluding hydrogens is 230 g/mol. The third-order valence-corrected chi connectivity index (χ3v) is 2.55. The first-order valence-corrected chi connectivity index (χ1v) is 5.73. The molecule has 0 amide bonds. The number of rotatable bonds is 5. The van der Waals surface area contributed by atoms with Crippen LogP contribution in [-0.2, 0) is 13.5 Å². The molecule has 0 fully saturated rings. The van der Waals surface area contributed by atoms with Gasteiger partial charge in [0.1, 0.15) is 12.2 Å². The molecule has 0 saturated carbocycles. The zero-order valence-corrected chi connectivity index (χ0v) is 10.8. The predicted octanol–water partition coefficient (Wildman–Crippen LogP) is 0.326. The van der Waals surface area contributed by atoms with Crippen LogP contribution in [0.25, 0.3) is 0 Å². The highest BCUT2D eigenvalue weighted by atomic mass is 15.3. The normalized spacial score (nSPS) is 10.4. The van der Waals surface area contributed by atoms with Crippen LogP contribution < -0.4 is 10.2 Å². The van der Waals surface area contributed by atoms with Gasteiger partial charge in [0.2, 0.25) is 0 Å². The molecule has 0 radical (unpaired) electrons. The van der Waals surface area contributed by atoms with Crippen molar-refractivity contribution in [3.8, 4) is 0 Å². The van der Waals surface area contributed by atoms with Crippen LogP contribution in [0.15, 0.2) is 18.7 Å². The molecule has 2 heterocycles. The van der Waals surface area contributed by atoms with Crippen molar-refractivity contribution < 1.29 is 0 Å². The van der Waals surface area contributed by atoms with Gasteiger partial charge < -0.3 is 10.2 Å². The summed E-state index contributed by atoms with van der Waals surface area (Å²) >= 11 is 0. The predicted molar refractivity (Wildman–Crippen MR) is 69.6 cm³/mol. The molecule has 1 N–H and O–H groups in total. The van der Waals surface area contributed by atoms with Gasteiger partial charge in [-0.05, 0) is 0 Å². The first-order valence-electron chi connectivity index (χ1n) is 5.73. The maximum absolute atomic E-state index is 4.28. The van der Waals surface area contributed by atoms with Crippen LogP contribution in [0.5, 0.6) is 0 Å². The lowest BCUT2D eigenvalue weighted by molar-refractivity contribution is 0.701. The number of hydrogen-bond donors (Lipinski definition) is 1. The SMILES string of the molecule is CN(C)c1nccnc1NCCc1ncnn1C. The summed E-state index contributed by atoms with van der Waals surface area (Å²) in [4.78, 5) is 14.7. The highest BCUT2D eigenvalue weighted by Gasteiger charge is 2.07. The van der Waals surface area contributed by atoms with Gasteiger partial charge in [0.05, 0.1) is 0 Å². The summed E-state index contributed by atoms with van der Waals surface area (Å²) in [6, 6.07) is 0. The van der Waals surface area contributed by atoms with Crippen LogP contribution in [0.3, 0.4) is 0 Å². The minimum atomic E-state index is 0.742. The minimum Gasteiger partial charge on any atom is -0.367 e. The Morgan fingerprint density at radius 1 is 1.22 bits per heavy atom. The quantitative estimate of drug-likeness (QED) is 0.820. The van der Waals surface area contributed by atoms with Crippen molar-refractivity contribution in [2.24, 2.45) is 7.05 Å². The third kappa shape index (κ3) is 2.73. The lowest BCUT2D eigenvalue weighted by Gasteiger charge is -2.15. The fraction of sp³-hybridized carbons (Fsp3) is 0.455. The summed E-state index contributed by atoms with van der Waals surface area (Å²) < 4.78 is 1.77. The molecule has 0 aliphatic rings. The summed E-state index contributed by atoms with van der Waals surface area (Å²) in [7, 11) is 5.77. The Morgan fingerprint density at radius 2 is 2.00 bits per heavy atom. The first kappa shape index (κ1) is 12.3.